The molecule has 0 unspecified atom stereocenters. The number of carbonyl (C=O) groups excluding carboxylic acids is 1. The smallest absolute Gasteiger partial charge is 0.232 e. The first-order chi connectivity index (χ1) is 6.24. The molecule has 3 heteroatoms. The summed E-state index contributed by atoms with van der Waals surface area (Å²) in [5, 5.41) is 0. The van der Waals surface area contributed by atoms with Gasteiger partial charge in [-0.1, -0.05) is 52.9 Å². The van der Waals surface area contributed by atoms with Crippen molar-refractivity contribution in [1.82, 2.24) is 4.90 Å². The molecule has 0 bridgehead atoms. The van der Waals surface area contributed by atoms with Crippen LogP contribution in [0.1, 0.15) is 5.56 Å². The quantitative estimate of drug-likeness (QED) is 0.616. The normalized spacial score (nSPS) is 9.69. The molecule has 0 spiro atoms. The van der Waals surface area contributed by atoms with Gasteiger partial charge in [0, 0.05) is 13.6 Å². The third kappa shape index (κ3) is 3.34. The lowest BCUT2D eigenvalue weighted by molar-refractivity contribution is -0.127. The predicted octanol–water partition coefficient (Wildman–Crippen LogP) is 2.08. The molecular formula is C10H12INO. The molecule has 0 aliphatic carbocycles. The molecule has 0 radical (unpaired) electrons. The van der Waals surface area contributed by atoms with Crippen molar-refractivity contribution in [3.05, 3.63) is 35.9 Å². The summed E-state index contributed by atoms with van der Waals surface area (Å²) in [6, 6.07) is 9.99. The van der Waals surface area contributed by atoms with E-state index in [9.17, 15) is 4.79 Å². The van der Waals surface area contributed by atoms with Gasteiger partial charge in [-0.25, -0.2) is 0 Å². The van der Waals surface area contributed by atoms with E-state index < -0.39 is 0 Å². The number of hydrogen-bond acceptors (Lipinski definition) is 1. The van der Waals surface area contributed by atoms with Crippen molar-refractivity contribution in [1.29, 1.82) is 0 Å². The number of hydrogen-bond donors (Lipinski definition) is 0. The third-order valence-electron chi connectivity index (χ3n) is 1.80. The van der Waals surface area contributed by atoms with Crippen LogP contribution >= 0.6 is 22.6 Å². The van der Waals surface area contributed by atoms with Gasteiger partial charge in [-0.3, -0.25) is 4.79 Å². The van der Waals surface area contributed by atoms with Crippen LogP contribution in [-0.4, -0.2) is 22.3 Å². The molecule has 1 aromatic rings. The SMILES string of the molecule is CN(Cc1ccccc1)C(=O)CI. The Balaban J connectivity index is 2.55. The lowest BCUT2D eigenvalue weighted by Gasteiger charge is -2.15. The number of carbonyl (C=O) groups is 1. The Kier molecular flexibility index (Phi) is 4.21. The summed E-state index contributed by atoms with van der Waals surface area (Å²) in [6.07, 6.45) is 0. The summed E-state index contributed by atoms with van der Waals surface area (Å²) in [7, 11) is 1.83. The van der Waals surface area contributed by atoms with Crippen molar-refractivity contribution >= 4 is 28.5 Å². The molecule has 0 atom stereocenters. The van der Waals surface area contributed by atoms with Crippen molar-refractivity contribution in [3.63, 3.8) is 0 Å². The van der Waals surface area contributed by atoms with E-state index in [0.29, 0.717) is 11.0 Å². The maximum Gasteiger partial charge on any atom is 0.232 e. The maximum atomic E-state index is 11.2. The summed E-state index contributed by atoms with van der Waals surface area (Å²) < 4.78 is 0.543. The minimum absolute atomic E-state index is 0.171. The van der Waals surface area contributed by atoms with Crippen LogP contribution in [0.5, 0.6) is 0 Å². The van der Waals surface area contributed by atoms with Gasteiger partial charge in [-0.05, 0) is 5.56 Å². The topological polar surface area (TPSA) is 20.3 Å². The first-order valence-electron chi connectivity index (χ1n) is 4.08. The largest absolute Gasteiger partial charge is 0.341 e. The van der Waals surface area contributed by atoms with Gasteiger partial charge < -0.3 is 4.90 Å². The van der Waals surface area contributed by atoms with Crippen molar-refractivity contribution in [2.45, 2.75) is 6.54 Å². The summed E-state index contributed by atoms with van der Waals surface area (Å²) in [5.41, 5.74) is 1.17. The van der Waals surface area contributed by atoms with Crippen molar-refractivity contribution in [2.75, 3.05) is 11.5 Å². The molecule has 0 fully saturated rings. The second-order valence-corrected chi connectivity index (χ2v) is 3.63. The van der Waals surface area contributed by atoms with Crippen LogP contribution in [0.3, 0.4) is 0 Å². The maximum absolute atomic E-state index is 11.2. The average molecular weight is 289 g/mol. The Morgan fingerprint density at radius 1 is 1.38 bits per heavy atom. The Morgan fingerprint density at radius 3 is 2.54 bits per heavy atom. The zero-order chi connectivity index (χ0) is 9.68. The monoisotopic (exact) mass is 289 g/mol. The van der Waals surface area contributed by atoms with Gasteiger partial charge in [0.05, 0.1) is 4.43 Å². The Morgan fingerprint density at radius 2 is 2.00 bits per heavy atom. The number of amides is 1. The van der Waals surface area contributed by atoms with E-state index >= 15 is 0 Å². The van der Waals surface area contributed by atoms with Crippen molar-refractivity contribution < 1.29 is 4.79 Å². The lowest BCUT2D eigenvalue weighted by atomic mass is 10.2. The van der Waals surface area contributed by atoms with Gasteiger partial charge in [0.2, 0.25) is 5.91 Å². The van der Waals surface area contributed by atoms with Gasteiger partial charge in [0.25, 0.3) is 0 Å². The Bertz CT molecular complexity index is 274. The average Bonchev–Trinajstić information content (AvgIpc) is 2.18. The van der Waals surface area contributed by atoms with Gasteiger partial charge >= 0.3 is 0 Å². The summed E-state index contributed by atoms with van der Waals surface area (Å²) in [4.78, 5) is 13.0. The fourth-order valence-electron chi connectivity index (χ4n) is 1.05. The molecular weight excluding hydrogens is 277 g/mol. The van der Waals surface area contributed by atoms with Gasteiger partial charge in [-0.15, -0.1) is 0 Å². The zero-order valence-electron chi connectivity index (χ0n) is 7.53. The van der Waals surface area contributed by atoms with Crippen molar-refractivity contribution in [3.8, 4) is 0 Å². The molecule has 1 rings (SSSR count). The van der Waals surface area contributed by atoms with Crippen LogP contribution in [0.4, 0.5) is 0 Å². The molecule has 2 nitrogen and oxygen atoms in total. The van der Waals surface area contributed by atoms with Gasteiger partial charge in [0.1, 0.15) is 0 Å². The fraction of sp³-hybridized carbons (Fsp3) is 0.300. The van der Waals surface area contributed by atoms with Crippen LogP contribution in [0.15, 0.2) is 30.3 Å². The van der Waals surface area contributed by atoms with Crippen LogP contribution in [0, 0.1) is 0 Å². The molecule has 0 saturated heterocycles. The minimum Gasteiger partial charge on any atom is -0.341 e. The van der Waals surface area contributed by atoms with E-state index in [0.717, 1.165) is 0 Å². The summed E-state index contributed by atoms with van der Waals surface area (Å²) in [6.45, 7) is 0.697. The second kappa shape index (κ2) is 5.21. The lowest BCUT2D eigenvalue weighted by Crippen LogP contribution is -2.26. The van der Waals surface area contributed by atoms with E-state index in [-0.39, 0.29) is 5.91 Å². The molecule has 0 aliphatic rings. The van der Waals surface area contributed by atoms with Gasteiger partial charge in [0.15, 0.2) is 0 Å². The molecule has 0 saturated carbocycles. The van der Waals surface area contributed by atoms with E-state index in [1.807, 2.05) is 37.4 Å². The van der Waals surface area contributed by atoms with E-state index in [1.165, 1.54) is 5.56 Å². The fourth-order valence-corrected chi connectivity index (χ4v) is 1.63. The highest BCUT2D eigenvalue weighted by Gasteiger charge is 2.05. The Hall–Kier alpha value is -0.580. The molecule has 0 aromatic heterocycles. The molecule has 0 aliphatic heterocycles. The summed E-state index contributed by atoms with van der Waals surface area (Å²) in [5.74, 6) is 0.171. The highest BCUT2D eigenvalue weighted by atomic mass is 127. The number of nitrogens with zero attached hydrogens (tertiary/aromatic N) is 1. The summed E-state index contributed by atoms with van der Waals surface area (Å²) >= 11 is 2.08. The van der Waals surface area contributed by atoms with E-state index in [2.05, 4.69) is 22.6 Å². The number of benzene rings is 1. The second-order valence-electron chi connectivity index (χ2n) is 2.87. The molecule has 0 heterocycles. The molecule has 13 heavy (non-hydrogen) atoms. The predicted molar refractivity (Wildman–Crippen MR) is 61.8 cm³/mol. The first kappa shape index (κ1) is 10.5. The van der Waals surface area contributed by atoms with Crippen LogP contribution in [0.25, 0.3) is 0 Å². The van der Waals surface area contributed by atoms with E-state index in [1.54, 1.807) is 4.90 Å². The standard InChI is InChI=1S/C10H12INO/c1-12(10(13)7-11)8-9-5-3-2-4-6-9/h2-6H,7-8H2,1H3. The highest BCUT2D eigenvalue weighted by molar-refractivity contribution is 14.1. The van der Waals surface area contributed by atoms with E-state index in [4.69, 9.17) is 0 Å². The highest BCUT2D eigenvalue weighted by Crippen LogP contribution is 2.03. The zero-order valence-corrected chi connectivity index (χ0v) is 9.69. The van der Waals surface area contributed by atoms with Crippen LogP contribution < -0.4 is 0 Å². The first-order valence-corrected chi connectivity index (χ1v) is 5.60. The molecule has 1 aromatic carbocycles. The van der Waals surface area contributed by atoms with Gasteiger partial charge in [-0.2, -0.15) is 0 Å². The molecule has 0 N–H and O–H groups in total. The van der Waals surface area contributed by atoms with Crippen LogP contribution in [-0.2, 0) is 11.3 Å². The number of halogens is 1. The minimum atomic E-state index is 0.171. The third-order valence-corrected chi connectivity index (χ3v) is 2.46. The number of rotatable bonds is 3. The number of alkyl halides is 1. The molecule has 70 valence electrons. The molecule has 1 amide bonds. The Labute approximate surface area is 92.1 Å². The van der Waals surface area contributed by atoms with Crippen molar-refractivity contribution in [2.24, 2.45) is 0 Å². The van der Waals surface area contributed by atoms with Crippen LogP contribution in [0.2, 0.25) is 0 Å².